The van der Waals surface area contributed by atoms with Crippen LogP contribution in [0.15, 0.2) is 0 Å². The lowest BCUT2D eigenvalue weighted by atomic mass is 10.00. The van der Waals surface area contributed by atoms with Crippen molar-refractivity contribution >= 4 is 0 Å². The van der Waals surface area contributed by atoms with Crippen molar-refractivity contribution < 1.29 is 24.4 Å². The van der Waals surface area contributed by atoms with Gasteiger partial charge in [-0.2, -0.15) is 0 Å². The zero-order chi connectivity index (χ0) is 10.0. The maximum atomic E-state index is 9.68. The lowest BCUT2D eigenvalue weighted by Gasteiger charge is -2.40. The summed E-state index contributed by atoms with van der Waals surface area (Å²) in [5.74, 6) is 0. The molecule has 0 spiro atoms. The molecule has 5 nitrogen and oxygen atoms in total. The number of aliphatic hydroxyl groups is 2. The fraction of sp³-hybridized carbons (Fsp3) is 1.00. The Morgan fingerprint density at radius 2 is 1.62 bits per heavy atom. The lowest BCUT2D eigenvalue weighted by Crippen LogP contribution is -2.57. The number of rotatable bonds is 2. The molecule has 78 valence electrons. The van der Waals surface area contributed by atoms with Crippen molar-refractivity contribution in [2.24, 2.45) is 0 Å². The largest absolute Gasteiger partial charge is 0.387 e. The van der Waals surface area contributed by atoms with Gasteiger partial charge in [0.05, 0.1) is 6.10 Å². The highest BCUT2D eigenvalue weighted by Gasteiger charge is 2.43. The van der Waals surface area contributed by atoms with E-state index in [0.717, 1.165) is 0 Å². The first-order valence-electron chi connectivity index (χ1n) is 4.19. The zero-order valence-corrected chi connectivity index (χ0v) is 8.01. The second kappa shape index (κ2) is 4.34. The van der Waals surface area contributed by atoms with Crippen molar-refractivity contribution in [3.05, 3.63) is 0 Å². The summed E-state index contributed by atoms with van der Waals surface area (Å²) >= 11 is 0. The average molecular weight is 192 g/mol. The summed E-state index contributed by atoms with van der Waals surface area (Å²) < 4.78 is 15.0. The van der Waals surface area contributed by atoms with Crippen LogP contribution in [-0.4, -0.2) is 55.1 Å². The smallest absolute Gasteiger partial charge is 0.184 e. The van der Waals surface area contributed by atoms with Crippen LogP contribution in [0.25, 0.3) is 0 Å². The van der Waals surface area contributed by atoms with Crippen molar-refractivity contribution in [2.75, 3.05) is 14.2 Å². The molecule has 0 radical (unpaired) electrons. The van der Waals surface area contributed by atoms with Gasteiger partial charge in [-0.15, -0.1) is 0 Å². The van der Waals surface area contributed by atoms with Crippen LogP contribution in [0.3, 0.4) is 0 Å². The standard InChI is InChI=1S/C8H16O5/c1-4-6(11-2)5(9)7(12-3)8(10)13-4/h4-10H,1-3H3. The molecule has 5 atom stereocenters. The van der Waals surface area contributed by atoms with Crippen molar-refractivity contribution in [3.63, 3.8) is 0 Å². The second-order valence-corrected chi connectivity index (χ2v) is 3.12. The molecule has 0 aliphatic carbocycles. The summed E-state index contributed by atoms with van der Waals surface area (Å²) in [7, 11) is 2.89. The molecule has 5 unspecified atom stereocenters. The van der Waals surface area contributed by atoms with Crippen molar-refractivity contribution in [1.82, 2.24) is 0 Å². The fourth-order valence-corrected chi connectivity index (χ4v) is 1.59. The highest BCUT2D eigenvalue weighted by molar-refractivity contribution is 4.88. The minimum Gasteiger partial charge on any atom is -0.387 e. The van der Waals surface area contributed by atoms with Gasteiger partial charge in [-0.1, -0.05) is 0 Å². The van der Waals surface area contributed by atoms with Crippen molar-refractivity contribution in [2.45, 2.75) is 37.6 Å². The highest BCUT2D eigenvalue weighted by atomic mass is 16.7. The van der Waals surface area contributed by atoms with E-state index in [-0.39, 0.29) is 6.10 Å². The average Bonchev–Trinajstić information content (AvgIpc) is 2.04. The van der Waals surface area contributed by atoms with E-state index >= 15 is 0 Å². The summed E-state index contributed by atoms with van der Waals surface area (Å²) in [4.78, 5) is 0. The first-order valence-corrected chi connectivity index (χ1v) is 4.19. The van der Waals surface area contributed by atoms with Crippen molar-refractivity contribution in [3.8, 4) is 0 Å². The monoisotopic (exact) mass is 192 g/mol. The molecule has 0 saturated carbocycles. The van der Waals surface area contributed by atoms with Gasteiger partial charge in [0.2, 0.25) is 0 Å². The summed E-state index contributed by atoms with van der Waals surface area (Å²) in [5, 5.41) is 19.0. The Balaban J connectivity index is 2.69. The first-order chi connectivity index (χ1) is 6.11. The first kappa shape index (κ1) is 10.9. The highest BCUT2D eigenvalue weighted by Crippen LogP contribution is 2.23. The third kappa shape index (κ3) is 2.00. The number of hydrogen-bond donors (Lipinski definition) is 2. The van der Waals surface area contributed by atoms with E-state index in [2.05, 4.69) is 0 Å². The van der Waals surface area contributed by atoms with Gasteiger partial charge in [-0.25, -0.2) is 0 Å². The van der Waals surface area contributed by atoms with Gasteiger partial charge in [0.1, 0.15) is 18.3 Å². The molecule has 13 heavy (non-hydrogen) atoms. The van der Waals surface area contributed by atoms with Gasteiger partial charge in [-0.05, 0) is 6.92 Å². The van der Waals surface area contributed by atoms with Gasteiger partial charge in [-0.3, -0.25) is 0 Å². The molecule has 1 aliphatic heterocycles. The molecule has 5 heteroatoms. The van der Waals surface area contributed by atoms with Crippen LogP contribution in [0.5, 0.6) is 0 Å². The molecule has 1 fully saturated rings. The number of ether oxygens (including phenoxy) is 3. The topological polar surface area (TPSA) is 68.2 Å². The van der Waals surface area contributed by atoms with E-state index in [1.54, 1.807) is 6.92 Å². The summed E-state index contributed by atoms with van der Waals surface area (Å²) in [6, 6.07) is 0. The molecule has 2 N–H and O–H groups in total. The molecule has 1 saturated heterocycles. The normalized spacial score (nSPS) is 46.4. The molecule has 0 aromatic heterocycles. The predicted molar refractivity (Wildman–Crippen MR) is 44.2 cm³/mol. The van der Waals surface area contributed by atoms with Crippen LogP contribution in [0.2, 0.25) is 0 Å². The Morgan fingerprint density at radius 1 is 1.08 bits per heavy atom. The van der Waals surface area contributed by atoms with E-state index in [1.807, 2.05) is 0 Å². The van der Waals surface area contributed by atoms with Gasteiger partial charge in [0.15, 0.2) is 6.29 Å². The van der Waals surface area contributed by atoms with Crippen LogP contribution >= 0.6 is 0 Å². The summed E-state index contributed by atoms with van der Waals surface area (Å²) in [6.45, 7) is 1.73. The maximum Gasteiger partial charge on any atom is 0.184 e. The van der Waals surface area contributed by atoms with E-state index in [0.29, 0.717) is 0 Å². The number of hydrogen-bond acceptors (Lipinski definition) is 5. The van der Waals surface area contributed by atoms with E-state index < -0.39 is 24.6 Å². The van der Waals surface area contributed by atoms with Gasteiger partial charge in [0.25, 0.3) is 0 Å². The predicted octanol–water partition coefficient (Wildman–Crippen LogP) is -0.886. The van der Waals surface area contributed by atoms with Crippen molar-refractivity contribution in [1.29, 1.82) is 0 Å². The van der Waals surface area contributed by atoms with Gasteiger partial charge < -0.3 is 24.4 Å². The van der Waals surface area contributed by atoms with Crippen LogP contribution in [0, 0.1) is 0 Å². The molecule has 0 bridgehead atoms. The van der Waals surface area contributed by atoms with E-state index in [1.165, 1.54) is 14.2 Å². The van der Waals surface area contributed by atoms with Crippen LogP contribution in [0.4, 0.5) is 0 Å². The van der Waals surface area contributed by atoms with Crippen LogP contribution in [0.1, 0.15) is 6.92 Å². The zero-order valence-electron chi connectivity index (χ0n) is 8.01. The number of methoxy groups -OCH3 is 2. The van der Waals surface area contributed by atoms with Crippen LogP contribution in [-0.2, 0) is 14.2 Å². The molecular formula is C8H16O5. The third-order valence-corrected chi connectivity index (χ3v) is 2.32. The molecule has 1 rings (SSSR count). The minimum absolute atomic E-state index is 0.346. The Morgan fingerprint density at radius 3 is 2.08 bits per heavy atom. The SMILES string of the molecule is COC1C(C)OC(O)C(OC)C1O. The molecule has 0 amide bonds. The molecular weight excluding hydrogens is 176 g/mol. The Labute approximate surface area is 77.2 Å². The minimum atomic E-state index is -1.10. The lowest BCUT2D eigenvalue weighted by molar-refractivity contribution is -0.287. The molecule has 0 aromatic carbocycles. The Bertz CT molecular complexity index is 147. The summed E-state index contributed by atoms with van der Waals surface area (Å²) in [6.07, 6.45) is -3.52. The Hall–Kier alpha value is -0.200. The van der Waals surface area contributed by atoms with E-state index in [4.69, 9.17) is 14.2 Å². The fourth-order valence-electron chi connectivity index (χ4n) is 1.59. The van der Waals surface area contributed by atoms with E-state index in [9.17, 15) is 10.2 Å². The Kier molecular flexibility index (Phi) is 3.63. The summed E-state index contributed by atoms with van der Waals surface area (Å²) in [5.41, 5.74) is 0. The molecule has 1 aliphatic rings. The quantitative estimate of drug-likeness (QED) is 0.594. The molecule has 1 heterocycles. The van der Waals surface area contributed by atoms with Gasteiger partial charge >= 0.3 is 0 Å². The van der Waals surface area contributed by atoms with Crippen LogP contribution < -0.4 is 0 Å². The van der Waals surface area contributed by atoms with Gasteiger partial charge in [0, 0.05) is 14.2 Å². The molecule has 0 aromatic rings. The third-order valence-electron chi connectivity index (χ3n) is 2.32. The number of aliphatic hydroxyl groups excluding tert-OH is 2. The maximum absolute atomic E-state index is 9.68. The second-order valence-electron chi connectivity index (χ2n) is 3.12.